The third kappa shape index (κ3) is 4.89. The van der Waals surface area contributed by atoms with Gasteiger partial charge in [-0.15, -0.1) is 0 Å². The first-order valence-corrected chi connectivity index (χ1v) is 11.1. The molecule has 0 saturated carbocycles. The largest absolute Gasteiger partial charge is 0.444 e. The van der Waals surface area contributed by atoms with Gasteiger partial charge in [0, 0.05) is 31.1 Å². The Bertz CT molecular complexity index is 828. The lowest BCUT2D eigenvalue weighted by atomic mass is 9.95. The molecule has 0 unspecified atom stereocenters. The number of likely N-dealkylation sites (tertiary alicyclic amines) is 2. The molecular formula is C24H33N3O2. The van der Waals surface area contributed by atoms with Gasteiger partial charge in [-0.3, -0.25) is 9.69 Å². The van der Waals surface area contributed by atoms with Crippen LogP contribution in [0.3, 0.4) is 0 Å². The van der Waals surface area contributed by atoms with Crippen molar-refractivity contribution < 1.29 is 9.21 Å². The molecule has 29 heavy (non-hydrogen) atoms. The zero-order valence-corrected chi connectivity index (χ0v) is 17.8. The normalized spacial score (nSPS) is 19.3. The second-order valence-electron chi connectivity index (χ2n) is 8.75. The smallest absolute Gasteiger partial charge is 0.226 e. The van der Waals surface area contributed by atoms with E-state index in [0.29, 0.717) is 11.8 Å². The van der Waals surface area contributed by atoms with E-state index in [-0.39, 0.29) is 5.92 Å². The van der Waals surface area contributed by atoms with Crippen LogP contribution in [0, 0.1) is 19.8 Å². The molecule has 0 radical (unpaired) electrons. The summed E-state index contributed by atoms with van der Waals surface area (Å²) >= 11 is 0. The third-order valence-electron chi connectivity index (χ3n) is 6.40. The van der Waals surface area contributed by atoms with Gasteiger partial charge in [0.2, 0.25) is 11.8 Å². The number of benzene rings is 1. The van der Waals surface area contributed by atoms with E-state index in [1.165, 1.54) is 36.8 Å². The van der Waals surface area contributed by atoms with Crippen LogP contribution < -0.4 is 0 Å². The van der Waals surface area contributed by atoms with E-state index in [4.69, 9.17) is 9.40 Å². The molecule has 2 aromatic rings. The van der Waals surface area contributed by atoms with E-state index in [0.717, 1.165) is 56.8 Å². The van der Waals surface area contributed by atoms with Gasteiger partial charge in [0.15, 0.2) is 0 Å². The average Bonchev–Trinajstić information content (AvgIpc) is 2.99. The van der Waals surface area contributed by atoms with Gasteiger partial charge in [0.25, 0.3) is 0 Å². The molecule has 1 aromatic heterocycles. The lowest BCUT2D eigenvalue weighted by molar-refractivity contribution is -0.137. The number of hydrogen-bond donors (Lipinski definition) is 0. The molecule has 2 aliphatic heterocycles. The summed E-state index contributed by atoms with van der Waals surface area (Å²) in [4.78, 5) is 22.1. The lowest BCUT2D eigenvalue weighted by Crippen LogP contribution is -2.42. The quantitative estimate of drug-likeness (QED) is 0.761. The molecule has 1 amide bonds. The minimum Gasteiger partial charge on any atom is -0.444 e. The van der Waals surface area contributed by atoms with E-state index in [1.807, 2.05) is 0 Å². The second-order valence-corrected chi connectivity index (χ2v) is 8.75. The molecule has 3 heterocycles. The minimum atomic E-state index is 0.201. The molecule has 0 atom stereocenters. The zero-order chi connectivity index (χ0) is 20.2. The first-order chi connectivity index (χ1) is 14.1. The molecule has 5 nitrogen and oxygen atoms in total. The predicted molar refractivity (Wildman–Crippen MR) is 114 cm³/mol. The Hall–Kier alpha value is -2.14. The van der Waals surface area contributed by atoms with Crippen LogP contribution in [0.4, 0.5) is 0 Å². The number of amides is 1. The molecule has 1 aromatic carbocycles. The van der Waals surface area contributed by atoms with Crippen LogP contribution in [0.5, 0.6) is 0 Å². The summed E-state index contributed by atoms with van der Waals surface area (Å²) in [6.07, 6.45) is 8.56. The van der Waals surface area contributed by atoms with Crippen molar-refractivity contribution in [2.75, 3.05) is 26.2 Å². The van der Waals surface area contributed by atoms with Gasteiger partial charge in [-0.25, -0.2) is 4.98 Å². The number of aryl methyl sites for hydroxylation is 2. The molecule has 2 saturated heterocycles. The summed E-state index contributed by atoms with van der Waals surface area (Å²) in [6, 6.07) is 6.34. The first-order valence-electron chi connectivity index (χ1n) is 11.1. The zero-order valence-electron chi connectivity index (χ0n) is 17.8. The van der Waals surface area contributed by atoms with Crippen LogP contribution in [-0.4, -0.2) is 46.9 Å². The number of nitrogens with zero attached hydrogens (tertiary/aromatic N) is 3. The highest BCUT2D eigenvalue weighted by atomic mass is 16.3. The van der Waals surface area contributed by atoms with Crippen molar-refractivity contribution in [2.24, 2.45) is 5.92 Å². The fourth-order valence-corrected chi connectivity index (χ4v) is 4.67. The summed E-state index contributed by atoms with van der Waals surface area (Å²) in [5, 5.41) is 0. The molecule has 2 aliphatic rings. The standard InChI is InChI=1S/C24H33N3O2/c1-18-7-8-22(19(2)15-18)23-25-21(17-29-23)16-26-13-9-20(10-14-26)24(28)27-11-5-3-4-6-12-27/h7-8,15,17,20H,3-6,9-14,16H2,1-2H3. The number of piperidine rings is 1. The fourth-order valence-electron chi connectivity index (χ4n) is 4.67. The van der Waals surface area contributed by atoms with Crippen molar-refractivity contribution >= 4 is 5.91 Å². The number of carbonyl (C=O) groups excluding carboxylic acids is 1. The van der Waals surface area contributed by atoms with Gasteiger partial charge in [-0.2, -0.15) is 0 Å². The van der Waals surface area contributed by atoms with Crippen LogP contribution in [0.2, 0.25) is 0 Å². The predicted octanol–water partition coefficient (Wildman–Crippen LogP) is 4.57. The molecule has 5 heteroatoms. The number of oxazole rings is 1. The maximum atomic E-state index is 12.9. The monoisotopic (exact) mass is 395 g/mol. The van der Waals surface area contributed by atoms with Crippen molar-refractivity contribution in [3.63, 3.8) is 0 Å². The van der Waals surface area contributed by atoms with E-state index in [2.05, 4.69) is 41.8 Å². The molecule has 0 aliphatic carbocycles. The maximum Gasteiger partial charge on any atom is 0.226 e. The van der Waals surface area contributed by atoms with Crippen LogP contribution >= 0.6 is 0 Å². The summed E-state index contributed by atoms with van der Waals surface area (Å²) in [5.74, 6) is 1.29. The number of carbonyl (C=O) groups is 1. The van der Waals surface area contributed by atoms with Crippen molar-refractivity contribution in [2.45, 2.75) is 58.9 Å². The SMILES string of the molecule is Cc1ccc(-c2nc(CN3CCC(C(=O)N4CCCCCC4)CC3)co2)c(C)c1. The highest BCUT2D eigenvalue weighted by Gasteiger charge is 2.29. The lowest BCUT2D eigenvalue weighted by Gasteiger charge is -2.33. The molecule has 156 valence electrons. The Morgan fingerprint density at radius 1 is 1.07 bits per heavy atom. The van der Waals surface area contributed by atoms with E-state index < -0.39 is 0 Å². The van der Waals surface area contributed by atoms with Gasteiger partial charge in [-0.1, -0.05) is 30.5 Å². The topological polar surface area (TPSA) is 49.6 Å². The molecule has 4 rings (SSSR count). The van der Waals surface area contributed by atoms with E-state index in [9.17, 15) is 4.79 Å². The van der Waals surface area contributed by atoms with Crippen molar-refractivity contribution in [1.29, 1.82) is 0 Å². The summed E-state index contributed by atoms with van der Waals surface area (Å²) in [6.45, 7) is 8.81. The van der Waals surface area contributed by atoms with E-state index in [1.54, 1.807) is 6.26 Å². The molecule has 0 bridgehead atoms. The number of hydrogen-bond acceptors (Lipinski definition) is 4. The third-order valence-corrected chi connectivity index (χ3v) is 6.40. The van der Waals surface area contributed by atoms with Crippen molar-refractivity contribution in [3.05, 3.63) is 41.3 Å². The van der Waals surface area contributed by atoms with Crippen LogP contribution in [0.25, 0.3) is 11.5 Å². The van der Waals surface area contributed by atoms with Crippen molar-refractivity contribution in [1.82, 2.24) is 14.8 Å². The Morgan fingerprint density at radius 3 is 2.48 bits per heavy atom. The minimum absolute atomic E-state index is 0.201. The highest BCUT2D eigenvalue weighted by molar-refractivity contribution is 5.79. The summed E-state index contributed by atoms with van der Waals surface area (Å²) in [5.41, 5.74) is 4.46. The van der Waals surface area contributed by atoms with Crippen LogP contribution in [0.15, 0.2) is 28.9 Å². The number of rotatable bonds is 4. The molecule has 0 spiro atoms. The summed E-state index contributed by atoms with van der Waals surface area (Å²) in [7, 11) is 0. The van der Waals surface area contributed by atoms with E-state index >= 15 is 0 Å². The average molecular weight is 396 g/mol. The van der Waals surface area contributed by atoms with Gasteiger partial charge >= 0.3 is 0 Å². The molecule has 0 N–H and O–H groups in total. The first kappa shape index (κ1) is 20.1. The fraction of sp³-hybridized carbons (Fsp3) is 0.583. The second kappa shape index (κ2) is 9.12. The van der Waals surface area contributed by atoms with Gasteiger partial charge in [0.1, 0.15) is 6.26 Å². The Labute approximate surface area is 174 Å². The van der Waals surface area contributed by atoms with Crippen LogP contribution in [-0.2, 0) is 11.3 Å². The maximum absolute atomic E-state index is 12.9. The van der Waals surface area contributed by atoms with Crippen molar-refractivity contribution in [3.8, 4) is 11.5 Å². The number of aromatic nitrogens is 1. The molecule has 2 fully saturated rings. The van der Waals surface area contributed by atoms with Crippen LogP contribution in [0.1, 0.15) is 55.3 Å². The van der Waals surface area contributed by atoms with Gasteiger partial charge in [-0.05, 0) is 64.3 Å². The Morgan fingerprint density at radius 2 is 1.79 bits per heavy atom. The highest BCUT2D eigenvalue weighted by Crippen LogP contribution is 2.26. The van der Waals surface area contributed by atoms with Gasteiger partial charge in [0.05, 0.1) is 5.69 Å². The van der Waals surface area contributed by atoms with Gasteiger partial charge < -0.3 is 9.32 Å². The Balaban J connectivity index is 1.31. The summed E-state index contributed by atoms with van der Waals surface area (Å²) < 4.78 is 5.76. The Kier molecular flexibility index (Phi) is 6.34. The molecular weight excluding hydrogens is 362 g/mol.